The third kappa shape index (κ3) is 4.19. The highest BCUT2D eigenvalue weighted by Crippen LogP contribution is 2.17. The molecule has 9 nitrogen and oxygen atoms in total. The molecule has 0 aliphatic heterocycles. The van der Waals surface area contributed by atoms with Gasteiger partial charge in [0.1, 0.15) is 5.69 Å². The van der Waals surface area contributed by atoms with Crippen LogP contribution in [0.2, 0.25) is 0 Å². The maximum absolute atomic E-state index is 11.8. The summed E-state index contributed by atoms with van der Waals surface area (Å²) in [4.78, 5) is 36.0. The first-order chi connectivity index (χ1) is 11.4. The lowest BCUT2D eigenvalue weighted by molar-refractivity contribution is -0.385. The molecule has 0 aliphatic carbocycles. The standard InChI is InChI=1S/C15H12N4O5/c1-10-14(19(23)24)8-4-11(16-10)5-9-15(20)17-12-2-6-13(7-3-12)18(21)22/h2-9H,1H3,(H,17,20). The minimum absolute atomic E-state index is 0.0749. The van der Waals surface area contributed by atoms with Crippen molar-refractivity contribution in [3.8, 4) is 0 Å². The Morgan fingerprint density at radius 2 is 1.75 bits per heavy atom. The number of nitrogens with one attached hydrogen (secondary N) is 1. The van der Waals surface area contributed by atoms with Crippen molar-refractivity contribution in [1.82, 2.24) is 4.98 Å². The molecule has 9 heteroatoms. The Morgan fingerprint density at radius 1 is 1.08 bits per heavy atom. The van der Waals surface area contributed by atoms with Gasteiger partial charge >= 0.3 is 0 Å². The van der Waals surface area contributed by atoms with Crippen LogP contribution >= 0.6 is 0 Å². The van der Waals surface area contributed by atoms with Crippen molar-refractivity contribution in [3.05, 3.63) is 74.1 Å². The van der Waals surface area contributed by atoms with Gasteiger partial charge < -0.3 is 5.32 Å². The molecule has 0 saturated heterocycles. The second-order valence-electron chi connectivity index (χ2n) is 4.72. The molecular weight excluding hydrogens is 316 g/mol. The number of aryl methyl sites for hydroxylation is 1. The molecule has 1 N–H and O–H groups in total. The molecule has 24 heavy (non-hydrogen) atoms. The molecule has 1 aromatic heterocycles. The van der Waals surface area contributed by atoms with Gasteiger partial charge in [-0.25, -0.2) is 4.98 Å². The molecular formula is C15H12N4O5. The van der Waals surface area contributed by atoms with E-state index in [1.54, 1.807) is 0 Å². The number of amides is 1. The van der Waals surface area contributed by atoms with Gasteiger partial charge in [0.25, 0.3) is 11.4 Å². The summed E-state index contributed by atoms with van der Waals surface area (Å²) in [7, 11) is 0. The van der Waals surface area contributed by atoms with Crippen molar-refractivity contribution in [1.29, 1.82) is 0 Å². The summed E-state index contributed by atoms with van der Waals surface area (Å²) in [5, 5.41) is 23.8. The van der Waals surface area contributed by atoms with Crippen LogP contribution in [0.25, 0.3) is 6.08 Å². The van der Waals surface area contributed by atoms with Gasteiger partial charge in [-0.1, -0.05) is 0 Å². The van der Waals surface area contributed by atoms with Crippen LogP contribution in [-0.2, 0) is 4.79 Å². The van der Waals surface area contributed by atoms with E-state index in [-0.39, 0.29) is 17.1 Å². The predicted molar refractivity (Wildman–Crippen MR) is 86.4 cm³/mol. The van der Waals surface area contributed by atoms with Crippen molar-refractivity contribution < 1.29 is 14.6 Å². The van der Waals surface area contributed by atoms with Crippen LogP contribution in [0.15, 0.2) is 42.5 Å². The van der Waals surface area contributed by atoms with E-state index >= 15 is 0 Å². The number of nitro benzene ring substituents is 1. The van der Waals surface area contributed by atoms with Crippen LogP contribution in [0.5, 0.6) is 0 Å². The number of aromatic nitrogens is 1. The maximum atomic E-state index is 11.8. The van der Waals surface area contributed by atoms with Crippen LogP contribution in [0, 0.1) is 27.2 Å². The first kappa shape index (κ1) is 16.7. The van der Waals surface area contributed by atoms with Crippen molar-refractivity contribution in [2.24, 2.45) is 0 Å². The van der Waals surface area contributed by atoms with Crippen LogP contribution in [0.3, 0.4) is 0 Å². The highest BCUT2D eigenvalue weighted by atomic mass is 16.6. The third-order valence-electron chi connectivity index (χ3n) is 3.03. The summed E-state index contributed by atoms with van der Waals surface area (Å²) in [6.07, 6.45) is 2.63. The van der Waals surface area contributed by atoms with E-state index in [2.05, 4.69) is 10.3 Å². The Morgan fingerprint density at radius 3 is 2.29 bits per heavy atom. The lowest BCUT2D eigenvalue weighted by Gasteiger charge is -2.01. The third-order valence-corrected chi connectivity index (χ3v) is 3.03. The monoisotopic (exact) mass is 328 g/mol. The van der Waals surface area contributed by atoms with E-state index in [0.29, 0.717) is 11.4 Å². The number of hydrogen-bond donors (Lipinski definition) is 1. The minimum atomic E-state index is -0.534. The number of pyridine rings is 1. The highest BCUT2D eigenvalue weighted by Gasteiger charge is 2.11. The highest BCUT2D eigenvalue weighted by molar-refractivity contribution is 6.01. The molecule has 2 aromatic rings. The van der Waals surface area contributed by atoms with Gasteiger partial charge in [-0.2, -0.15) is 0 Å². The predicted octanol–water partition coefficient (Wildman–Crippen LogP) is 2.86. The summed E-state index contributed by atoms with van der Waals surface area (Å²) in [5.41, 5.74) is 0.884. The average molecular weight is 328 g/mol. The van der Waals surface area contributed by atoms with Crippen LogP contribution in [0.1, 0.15) is 11.4 Å². The van der Waals surface area contributed by atoms with Crippen LogP contribution in [-0.4, -0.2) is 20.7 Å². The summed E-state index contributed by atoms with van der Waals surface area (Å²) >= 11 is 0. The Kier molecular flexibility index (Phi) is 4.95. The first-order valence-electron chi connectivity index (χ1n) is 6.72. The molecule has 1 heterocycles. The number of nitro groups is 2. The second-order valence-corrected chi connectivity index (χ2v) is 4.72. The second kappa shape index (κ2) is 7.09. The maximum Gasteiger partial charge on any atom is 0.290 e. The molecule has 1 aromatic carbocycles. The smallest absolute Gasteiger partial charge is 0.290 e. The number of benzene rings is 1. The molecule has 0 atom stereocenters. The number of carbonyl (C=O) groups excluding carboxylic acids is 1. The number of rotatable bonds is 5. The van der Waals surface area contributed by atoms with Crippen molar-refractivity contribution >= 4 is 29.0 Å². The number of hydrogen-bond acceptors (Lipinski definition) is 6. The first-order valence-corrected chi connectivity index (χ1v) is 6.72. The summed E-state index contributed by atoms with van der Waals surface area (Å²) in [6.45, 7) is 1.51. The van der Waals surface area contributed by atoms with E-state index < -0.39 is 15.8 Å². The zero-order chi connectivity index (χ0) is 17.7. The minimum Gasteiger partial charge on any atom is -0.323 e. The quantitative estimate of drug-likeness (QED) is 0.510. The lowest BCUT2D eigenvalue weighted by atomic mass is 10.2. The Balaban J connectivity index is 2.03. The molecule has 1 amide bonds. The molecule has 2 rings (SSSR count). The molecule has 0 radical (unpaired) electrons. The molecule has 122 valence electrons. The fourth-order valence-electron chi connectivity index (χ4n) is 1.87. The number of nitrogens with zero attached hydrogens (tertiary/aromatic N) is 3. The normalized spacial score (nSPS) is 10.5. The van der Waals surface area contributed by atoms with Gasteiger partial charge in [0, 0.05) is 30.0 Å². The average Bonchev–Trinajstić information content (AvgIpc) is 2.53. The van der Waals surface area contributed by atoms with Crippen LogP contribution in [0.4, 0.5) is 17.1 Å². The van der Waals surface area contributed by atoms with Gasteiger partial charge in [-0.3, -0.25) is 25.0 Å². The topological polar surface area (TPSA) is 128 Å². The van der Waals surface area contributed by atoms with Gasteiger partial charge in [0.05, 0.1) is 15.5 Å². The summed E-state index contributed by atoms with van der Waals surface area (Å²) < 4.78 is 0. The van der Waals surface area contributed by atoms with E-state index in [1.165, 1.54) is 55.5 Å². The molecule has 0 aliphatic rings. The Bertz CT molecular complexity index is 830. The zero-order valence-electron chi connectivity index (χ0n) is 12.5. The summed E-state index contributed by atoms with van der Waals surface area (Å²) in [5.74, 6) is -0.457. The van der Waals surface area contributed by atoms with Crippen molar-refractivity contribution in [3.63, 3.8) is 0 Å². The molecule has 0 bridgehead atoms. The number of carbonyl (C=O) groups is 1. The van der Waals surface area contributed by atoms with Gasteiger partial charge in [-0.15, -0.1) is 0 Å². The summed E-state index contributed by atoms with van der Waals surface area (Å²) in [6, 6.07) is 8.13. The molecule has 0 saturated carbocycles. The Hall–Kier alpha value is -3.62. The number of non-ortho nitro benzene ring substituents is 1. The van der Waals surface area contributed by atoms with E-state index in [0.717, 1.165) is 0 Å². The van der Waals surface area contributed by atoms with E-state index in [1.807, 2.05) is 0 Å². The van der Waals surface area contributed by atoms with Gasteiger partial charge in [0.2, 0.25) is 5.91 Å². The van der Waals surface area contributed by atoms with E-state index in [4.69, 9.17) is 0 Å². The fraction of sp³-hybridized carbons (Fsp3) is 0.0667. The van der Waals surface area contributed by atoms with Crippen molar-refractivity contribution in [2.75, 3.05) is 5.32 Å². The molecule has 0 fully saturated rings. The van der Waals surface area contributed by atoms with Crippen molar-refractivity contribution in [2.45, 2.75) is 6.92 Å². The van der Waals surface area contributed by atoms with Gasteiger partial charge in [0.15, 0.2) is 0 Å². The largest absolute Gasteiger partial charge is 0.323 e. The van der Waals surface area contributed by atoms with Crippen LogP contribution < -0.4 is 5.32 Å². The van der Waals surface area contributed by atoms with E-state index in [9.17, 15) is 25.0 Å². The molecule has 0 unspecified atom stereocenters. The zero-order valence-corrected chi connectivity index (χ0v) is 12.5. The Labute approximate surface area is 135 Å². The fourth-order valence-corrected chi connectivity index (χ4v) is 1.87. The SMILES string of the molecule is Cc1nc(C=CC(=O)Nc2ccc([N+](=O)[O-])cc2)ccc1[N+](=O)[O-]. The number of anilines is 1. The molecule has 0 spiro atoms. The van der Waals surface area contributed by atoms with Gasteiger partial charge in [-0.05, 0) is 31.2 Å². The lowest BCUT2D eigenvalue weighted by Crippen LogP contribution is -2.07.